The minimum Gasteiger partial charge on any atom is -0.395 e. The second-order valence-electron chi connectivity index (χ2n) is 6.19. The van der Waals surface area contributed by atoms with E-state index in [0.29, 0.717) is 6.61 Å². The van der Waals surface area contributed by atoms with Crippen molar-refractivity contribution in [2.75, 3.05) is 26.2 Å². The summed E-state index contributed by atoms with van der Waals surface area (Å²) in [6.07, 6.45) is 5.04. The summed E-state index contributed by atoms with van der Waals surface area (Å²) in [5.41, 5.74) is 1.49. The Kier molecular flexibility index (Phi) is 4.89. The van der Waals surface area contributed by atoms with Gasteiger partial charge in [0.25, 0.3) is 0 Å². The Labute approximate surface area is 127 Å². The van der Waals surface area contributed by atoms with Gasteiger partial charge in [-0.3, -0.25) is 0 Å². The van der Waals surface area contributed by atoms with Crippen molar-refractivity contribution < 1.29 is 5.11 Å². The lowest BCUT2D eigenvalue weighted by Gasteiger charge is -2.31. The Morgan fingerprint density at radius 3 is 2.57 bits per heavy atom. The molecule has 0 radical (unpaired) electrons. The zero-order valence-corrected chi connectivity index (χ0v) is 12.7. The Balaban J connectivity index is 1.58. The first-order valence-electron chi connectivity index (χ1n) is 8.16. The summed E-state index contributed by atoms with van der Waals surface area (Å²) in [5, 5.41) is 11.8. The number of likely N-dealkylation sites (tertiary alicyclic amines) is 1. The molecule has 3 rings (SSSR count). The maximum Gasteiger partial charge on any atom is 0.0558 e. The van der Waals surface area contributed by atoms with Gasteiger partial charge in [0, 0.05) is 6.54 Å². The van der Waals surface area contributed by atoms with E-state index < -0.39 is 0 Å². The van der Waals surface area contributed by atoms with E-state index in [4.69, 9.17) is 5.11 Å². The van der Waals surface area contributed by atoms with Crippen molar-refractivity contribution in [1.29, 1.82) is 0 Å². The number of aryl methyl sites for hydroxylation is 1. The van der Waals surface area contributed by atoms with E-state index >= 15 is 0 Å². The van der Waals surface area contributed by atoms with Crippen LogP contribution in [0.5, 0.6) is 0 Å². The van der Waals surface area contributed by atoms with Crippen molar-refractivity contribution in [3.8, 4) is 0 Å². The van der Waals surface area contributed by atoms with E-state index in [9.17, 15) is 0 Å². The maximum absolute atomic E-state index is 9.00. The second-order valence-corrected chi connectivity index (χ2v) is 6.19. The maximum atomic E-state index is 9.00. The number of aliphatic hydroxyl groups excluding tert-OH is 1. The molecule has 0 aliphatic carbocycles. The van der Waals surface area contributed by atoms with Gasteiger partial charge in [-0.2, -0.15) is 0 Å². The molecule has 0 unspecified atom stereocenters. The van der Waals surface area contributed by atoms with Gasteiger partial charge in [0.15, 0.2) is 0 Å². The highest BCUT2D eigenvalue weighted by Gasteiger charge is 2.18. The molecule has 2 heteroatoms. The number of piperidine rings is 1. The van der Waals surface area contributed by atoms with Gasteiger partial charge in [-0.1, -0.05) is 42.5 Å². The topological polar surface area (TPSA) is 23.5 Å². The molecule has 1 heterocycles. The lowest BCUT2D eigenvalue weighted by Crippen LogP contribution is -2.35. The highest BCUT2D eigenvalue weighted by Crippen LogP contribution is 2.25. The molecular formula is C19H25NO. The number of hydrogen-bond donors (Lipinski definition) is 1. The van der Waals surface area contributed by atoms with E-state index in [2.05, 4.69) is 47.4 Å². The van der Waals surface area contributed by atoms with E-state index in [-0.39, 0.29) is 0 Å². The minimum atomic E-state index is 0.292. The number of β-amino-alcohol motifs (C(OH)–C–C–N with tert-alkyl or cyclic N) is 1. The lowest BCUT2D eigenvalue weighted by molar-refractivity contribution is 0.145. The third-order valence-corrected chi connectivity index (χ3v) is 4.83. The quantitative estimate of drug-likeness (QED) is 0.908. The summed E-state index contributed by atoms with van der Waals surface area (Å²) in [6, 6.07) is 15.4. The molecular weight excluding hydrogens is 258 g/mol. The van der Waals surface area contributed by atoms with Crippen LogP contribution >= 0.6 is 0 Å². The van der Waals surface area contributed by atoms with Crippen LogP contribution in [0.2, 0.25) is 0 Å². The third kappa shape index (κ3) is 3.63. The SMILES string of the molecule is OCCN1CCC(CCc2cccc3ccccc23)CC1. The van der Waals surface area contributed by atoms with Gasteiger partial charge in [-0.25, -0.2) is 0 Å². The van der Waals surface area contributed by atoms with Gasteiger partial charge in [0.2, 0.25) is 0 Å². The fraction of sp³-hybridized carbons (Fsp3) is 0.474. The average Bonchev–Trinajstić information content (AvgIpc) is 2.54. The molecule has 2 nitrogen and oxygen atoms in total. The molecule has 0 atom stereocenters. The number of hydrogen-bond acceptors (Lipinski definition) is 2. The molecule has 21 heavy (non-hydrogen) atoms. The van der Waals surface area contributed by atoms with Crippen LogP contribution in [0.15, 0.2) is 42.5 Å². The van der Waals surface area contributed by atoms with E-state index in [1.165, 1.54) is 42.0 Å². The molecule has 0 amide bonds. The minimum absolute atomic E-state index is 0.292. The first-order chi connectivity index (χ1) is 10.4. The first kappa shape index (κ1) is 14.6. The Morgan fingerprint density at radius 2 is 1.76 bits per heavy atom. The molecule has 0 spiro atoms. The Bertz CT molecular complexity index is 567. The van der Waals surface area contributed by atoms with Crippen LogP contribution in [-0.4, -0.2) is 36.2 Å². The molecule has 2 aromatic rings. The molecule has 1 aliphatic rings. The molecule has 1 aliphatic heterocycles. The number of nitrogens with zero attached hydrogens (tertiary/aromatic N) is 1. The lowest BCUT2D eigenvalue weighted by atomic mass is 9.89. The molecule has 1 fully saturated rings. The monoisotopic (exact) mass is 283 g/mol. The Hall–Kier alpha value is -1.38. The van der Waals surface area contributed by atoms with E-state index in [1.807, 2.05) is 0 Å². The zero-order valence-electron chi connectivity index (χ0n) is 12.7. The van der Waals surface area contributed by atoms with Crippen molar-refractivity contribution in [3.05, 3.63) is 48.0 Å². The largest absolute Gasteiger partial charge is 0.395 e. The Morgan fingerprint density at radius 1 is 1.00 bits per heavy atom. The van der Waals surface area contributed by atoms with E-state index in [1.54, 1.807) is 0 Å². The first-order valence-corrected chi connectivity index (χ1v) is 8.16. The molecule has 0 aromatic heterocycles. The standard InChI is InChI=1S/C19H25NO/c21-15-14-20-12-10-16(11-13-20)8-9-18-6-3-5-17-4-1-2-7-19(17)18/h1-7,16,21H,8-15H2. The summed E-state index contributed by atoms with van der Waals surface area (Å²) in [4.78, 5) is 2.38. The van der Waals surface area contributed by atoms with Gasteiger partial charge < -0.3 is 10.0 Å². The molecule has 2 aromatic carbocycles. The average molecular weight is 283 g/mol. The predicted molar refractivity (Wildman–Crippen MR) is 88.5 cm³/mol. The summed E-state index contributed by atoms with van der Waals surface area (Å²) < 4.78 is 0. The van der Waals surface area contributed by atoms with Gasteiger partial charge in [-0.15, -0.1) is 0 Å². The summed E-state index contributed by atoms with van der Waals surface area (Å²) in [6.45, 7) is 3.44. The number of fused-ring (bicyclic) bond motifs is 1. The van der Waals surface area contributed by atoms with Crippen LogP contribution in [0.4, 0.5) is 0 Å². The molecule has 1 saturated heterocycles. The van der Waals surface area contributed by atoms with Crippen molar-refractivity contribution >= 4 is 10.8 Å². The van der Waals surface area contributed by atoms with Gasteiger partial charge in [0.05, 0.1) is 6.61 Å². The van der Waals surface area contributed by atoms with Gasteiger partial charge in [0.1, 0.15) is 0 Å². The predicted octanol–water partition coefficient (Wildman–Crippen LogP) is 3.48. The van der Waals surface area contributed by atoms with Crippen molar-refractivity contribution in [2.24, 2.45) is 5.92 Å². The number of rotatable bonds is 5. The fourth-order valence-electron chi connectivity index (χ4n) is 3.51. The summed E-state index contributed by atoms with van der Waals surface area (Å²) >= 11 is 0. The van der Waals surface area contributed by atoms with Crippen LogP contribution < -0.4 is 0 Å². The van der Waals surface area contributed by atoms with Crippen LogP contribution in [0.25, 0.3) is 10.8 Å². The second kappa shape index (κ2) is 7.06. The van der Waals surface area contributed by atoms with Gasteiger partial charge in [-0.05, 0) is 61.0 Å². The number of benzene rings is 2. The van der Waals surface area contributed by atoms with Crippen molar-refractivity contribution in [2.45, 2.75) is 25.7 Å². The van der Waals surface area contributed by atoms with Crippen LogP contribution in [0.1, 0.15) is 24.8 Å². The highest BCUT2D eigenvalue weighted by atomic mass is 16.3. The van der Waals surface area contributed by atoms with Crippen LogP contribution in [-0.2, 0) is 6.42 Å². The van der Waals surface area contributed by atoms with Crippen LogP contribution in [0.3, 0.4) is 0 Å². The van der Waals surface area contributed by atoms with Gasteiger partial charge >= 0.3 is 0 Å². The highest BCUT2D eigenvalue weighted by molar-refractivity contribution is 5.85. The number of aliphatic hydroxyl groups is 1. The molecule has 0 saturated carbocycles. The zero-order chi connectivity index (χ0) is 14.5. The molecule has 0 bridgehead atoms. The fourth-order valence-corrected chi connectivity index (χ4v) is 3.51. The summed E-state index contributed by atoms with van der Waals surface area (Å²) in [7, 11) is 0. The normalized spacial score (nSPS) is 17.4. The summed E-state index contributed by atoms with van der Waals surface area (Å²) in [5.74, 6) is 0.846. The molecule has 1 N–H and O–H groups in total. The van der Waals surface area contributed by atoms with Crippen LogP contribution in [0, 0.1) is 5.92 Å². The van der Waals surface area contributed by atoms with Crippen molar-refractivity contribution in [1.82, 2.24) is 4.90 Å². The van der Waals surface area contributed by atoms with Crippen molar-refractivity contribution in [3.63, 3.8) is 0 Å². The molecule has 112 valence electrons. The smallest absolute Gasteiger partial charge is 0.0558 e. The van der Waals surface area contributed by atoms with E-state index in [0.717, 1.165) is 25.6 Å². The third-order valence-electron chi connectivity index (χ3n) is 4.83.